The predicted molar refractivity (Wildman–Crippen MR) is 56.8 cm³/mol. The minimum absolute atomic E-state index is 0.00160. The van der Waals surface area contributed by atoms with Crippen LogP contribution in [0.25, 0.3) is 0 Å². The lowest BCUT2D eigenvalue weighted by atomic mass is 10.1. The van der Waals surface area contributed by atoms with Crippen molar-refractivity contribution in [3.8, 4) is 0 Å². The average molecular weight is 272 g/mol. The molecule has 6 heteroatoms. The molecular weight excluding hydrogens is 270 g/mol. The van der Waals surface area contributed by atoms with Crippen LogP contribution in [-0.4, -0.2) is 10.5 Å². The molecule has 0 saturated heterocycles. The van der Waals surface area contributed by atoms with Crippen LogP contribution in [0.3, 0.4) is 0 Å². The van der Waals surface area contributed by atoms with Crippen LogP contribution in [0.2, 0.25) is 10.0 Å². The van der Waals surface area contributed by atoms with Crippen molar-refractivity contribution in [2.24, 2.45) is 0 Å². The van der Waals surface area contributed by atoms with Gasteiger partial charge < -0.3 is 0 Å². The quantitative estimate of drug-likeness (QED) is 0.768. The highest BCUT2D eigenvalue weighted by molar-refractivity contribution is 6.71. The summed E-state index contributed by atoms with van der Waals surface area (Å²) in [5.74, 6) is 0. The fourth-order valence-corrected chi connectivity index (χ4v) is 2.01. The van der Waals surface area contributed by atoms with E-state index in [-0.39, 0.29) is 21.2 Å². The van der Waals surface area contributed by atoms with Crippen LogP contribution in [0.1, 0.15) is 20.7 Å². The minimum atomic E-state index is -0.834. The molecule has 0 amide bonds. The summed E-state index contributed by atoms with van der Waals surface area (Å²) in [6.07, 6.45) is 0. The van der Waals surface area contributed by atoms with Gasteiger partial charge in [0.05, 0.1) is 21.2 Å². The molecule has 0 spiro atoms. The predicted octanol–water partition coefficient (Wildman–Crippen LogP) is 3.75. The van der Waals surface area contributed by atoms with E-state index in [2.05, 4.69) is 0 Å². The zero-order valence-electron chi connectivity index (χ0n) is 6.48. The molecule has 14 heavy (non-hydrogen) atoms. The zero-order valence-corrected chi connectivity index (χ0v) is 9.51. The molecule has 0 bridgehead atoms. The summed E-state index contributed by atoms with van der Waals surface area (Å²) in [7, 11) is 0. The molecule has 0 N–H and O–H groups in total. The summed E-state index contributed by atoms with van der Waals surface area (Å²) >= 11 is 21.8. The number of hydrogen-bond acceptors (Lipinski definition) is 2. The van der Waals surface area contributed by atoms with Crippen molar-refractivity contribution >= 4 is 56.9 Å². The topological polar surface area (TPSA) is 34.1 Å². The first-order valence-electron chi connectivity index (χ1n) is 3.32. The molecule has 0 heterocycles. The molecule has 74 valence electrons. The van der Waals surface area contributed by atoms with Crippen molar-refractivity contribution in [1.29, 1.82) is 0 Å². The summed E-state index contributed by atoms with van der Waals surface area (Å²) in [4.78, 5) is 21.7. The van der Waals surface area contributed by atoms with Gasteiger partial charge in [-0.1, -0.05) is 23.2 Å². The summed E-state index contributed by atoms with van der Waals surface area (Å²) < 4.78 is 0. The van der Waals surface area contributed by atoms with E-state index in [0.29, 0.717) is 0 Å². The van der Waals surface area contributed by atoms with Crippen molar-refractivity contribution in [2.45, 2.75) is 0 Å². The third-order valence-electron chi connectivity index (χ3n) is 1.50. The molecule has 1 aromatic carbocycles. The van der Waals surface area contributed by atoms with Gasteiger partial charge in [0.1, 0.15) is 0 Å². The number of carbonyl (C=O) groups excluding carboxylic acids is 2. The van der Waals surface area contributed by atoms with Gasteiger partial charge in [-0.2, -0.15) is 0 Å². The number of hydrogen-bond donors (Lipinski definition) is 0. The molecular formula is C8H2Cl4O2. The standard InChI is InChI=1S/C8H2Cl4O2/c9-4-2-1-3(7(11)13)6(10)5(4)8(12)14/h1-2H. The third-order valence-corrected chi connectivity index (χ3v) is 2.60. The van der Waals surface area contributed by atoms with Crippen LogP contribution in [0, 0.1) is 0 Å². The van der Waals surface area contributed by atoms with Crippen molar-refractivity contribution in [3.63, 3.8) is 0 Å². The van der Waals surface area contributed by atoms with E-state index in [1.165, 1.54) is 12.1 Å². The van der Waals surface area contributed by atoms with Crippen LogP contribution < -0.4 is 0 Å². The van der Waals surface area contributed by atoms with E-state index in [4.69, 9.17) is 46.4 Å². The second-order valence-electron chi connectivity index (χ2n) is 2.33. The van der Waals surface area contributed by atoms with E-state index in [1.807, 2.05) is 0 Å². The average Bonchev–Trinajstić information content (AvgIpc) is 2.02. The lowest BCUT2D eigenvalue weighted by molar-refractivity contribution is 0.108. The largest absolute Gasteiger partial charge is 0.276 e. The second-order valence-corrected chi connectivity index (χ2v) is 3.80. The fourth-order valence-electron chi connectivity index (χ4n) is 0.884. The highest BCUT2D eigenvalue weighted by atomic mass is 35.5. The number of carbonyl (C=O) groups is 2. The van der Waals surface area contributed by atoms with Gasteiger partial charge in [0.2, 0.25) is 0 Å². The number of halogens is 4. The first kappa shape index (κ1) is 11.8. The van der Waals surface area contributed by atoms with Gasteiger partial charge in [-0.05, 0) is 35.3 Å². The minimum Gasteiger partial charge on any atom is -0.276 e. The Balaban J connectivity index is 3.49. The SMILES string of the molecule is O=C(Cl)c1ccc(Cl)c(C(=O)Cl)c1Cl. The van der Waals surface area contributed by atoms with Crippen LogP contribution >= 0.6 is 46.4 Å². The van der Waals surface area contributed by atoms with Gasteiger partial charge in [-0.15, -0.1) is 0 Å². The van der Waals surface area contributed by atoms with Gasteiger partial charge in [0, 0.05) is 0 Å². The van der Waals surface area contributed by atoms with Crippen molar-refractivity contribution in [2.75, 3.05) is 0 Å². The second kappa shape index (κ2) is 4.49. The monoisotopic (exact) mass is 270 g/mol. The molecule has 0 aliphatic rings. The number of rotatable bonds is 2. The molecule has 0 unspecified atom stereocenters. The maximum Gasteiger partial charge on any atom is 0.255 e. The molecule has 2 nitrogen and oxygen atoms in total. The maximum atomic E-state index is 10.9. The first-order valence-corrected chi connectivity index (χ1v) is 4.84. The van der Waals surface area contributed by atoms with Crippen LogP contribution in [0.5, 0.6) is 0 Å². The van der Waals surface area contributed by atoms with Crippen LogP contribution in [0.4, 0.5) is 0 Å². The van der Waals surface area contributed by atoms with Gasteiger partial charge >= 0.3 is 0 Å². The van der Waals surface area contributed by atoms with E-state index in [0.717, 1.165) is 0 Å². The lowest BCUT2D eigenvalue weighted by Crippen LogP contribution is -1.98. The summed E-state index contributed by atoms with van der Waals surface area (Å²) in [5.41, 5.74) is -0.108. The molecule has 0 aliphatic heterocycles. The lowest BCUT2D eigenvalue weighted by Gasteiger charge is -2.04. The Bertz CT molecular complexity index is 414. The summed E-state index contributed by atoms with van der Waals surface area (Å²) in [6, 6.07) is 2.65. The smallest absolute Gasteiger partial charge is 0.255 e. The normalized spacial score (nSPS) is 10.0. The van der Waals surface area contributed by atoms with Gasteiger partial charge in [-0.3, -0.25) is 9.59 Å². The van der Waals surface area contributed by atoms with E-state index >= 15 is 0 Å². The van der Waals surface area contributed by atoms with Gasteiger partial charge in [-0.25, -0.2) is 0 Å². The Labute approximate surface area is 99.7 Å². The van der Waals surface area contributed by atoms with Crippen molar-refractivity contribution < 1.29 is 9.59 Å². The summed E-state index contributed by atoms with van der Waals surface area (Å²) in [6.45, 7) is 0. The molecule has 0 radical (unpaired) electrons. The van der Waals surface area contributed by atoms with Crippen LogP contribution in [0.15, 0.2) is 12.1 Å². The Morgan fingerprint density at radius 2 is 1.57 bits per heavy atom. The summed E-state index contributed by atoms with van der Waals surface area (Å²) in [5, 5.41) is -1.65. The number of benzene rings is 1. The molecule has 0 aliphatic carbocycles. The fraction of sp³-hybridized carbons (Fsp3) is 0. The van der Waals surface area contributed by atoms with Crippen LogP contribution in [-0.2, 0) is 0 Å². The maximum absolute atomic E-state index is 10.9. The van der Waals surface area contributed by atoms with E-state index in [9.17, 15) is 9.59 Å². The Morgan fingerprint density at radius 1 is 1.00 bits per heavy atom. The first-order chi connectivity index (χ1) is 6.45. The zero-order chi connectivity index (χ0) is 10.9. The Hall–Kier alpha value is -0.280. The third kappa shape index (κ3) is 2.20. The van der Waals surface area contributed by atoms with Gasteiger partial charge in [0.25, 0.3) is 10.5 Å². The van der Waals surface area contributed by atoms with Crippen molar-refractivity contribution in [3.05, 3.63) is 33.3 Å². The molecule has 0 aromatic heterocycles. The van der Waals surface area contributed by atoms with E-state index in [1.54, 1.807) is 0 Å². The van der Waals surface area contributed by atoms with Crippen molar-refractivity contribution in [1.82, 2.24) is 0 Å². The molecule has 0 fully saturated rings. The molecule has 0 saturated carbocycles. The van der Waals surface area contributed by atoms with E-state index < -0.39 is 10.5 Å². The molecule has 1 aromatic rings. The molecule has 0 atom stereocenters. The highest BCUT2D eigenvalue weighted by Crippen LogP contribution is 2.30. The Morgan fingerprint density at radius 3 is 2.00 bits per heavy atom. The molecule has 1 rings (SSSR count). The Kier molecular flexibility index (Phi) is 3.78. The van der Waals surface area contributed by atoms with Gasteiger partial charge in [0.15, 0.2) is 0 Å². The highest BCUT2D eigenvalue weighted by Gasteiger charge is 2.18.